The van der Waals surface area contributed by atoms with Crippen molar-refractivity contribution in [3.63, 3.8) is 0 Å². The Morgan fingerprint density at radius 1 is 1.21 bits per heavy atom. The molecule has 0 spiro atoms. The molecule has 0 bridgehead atoms. The third-order valence-corrected chi connectivity index (χ3v) is 2.92. The van der Waals surface area contributed by atoms with Gasteiger partial charge in [0, 0.05) is 30.5 Å². The quantitative estimate of drug-likeness (QED) is 0.897. The van der Waals surface area contributed by atoms with Gasteiger partial charge < -0.3 is 14.7 Å². The van der Waals surface area contributed by atoms with Gasteiger partial charge in [-0.1, -0.05) is 5.16 Å². The maximum Gasteiger partial charge on any atom is 0.294 e. The summed E-state index contributed by atoms with van der Waals surface area (Å²) < 4.78 is 4.79. The number of rotatable bonds is 5. The number of anilines is 2. The summed E-state index contributed by atoms with van der Waals surface area (Å²) in [7, 11) is 0. The van der Waals surface area contributed by atoms with E-state index in [-0.39, 0.29) is 11.7 Å². The van der Waals surface area contributed by atoms with E-state index in [4.69, 9.17) is 4.52 Å². The van der Waals surface area contributed by atoms with Crippen LogP contribution in [0.4, 0.5) is 11.4 Å². The Kier molecular flexibility index (Phi) is 4.18. The second kappa shape index (κ2) is 6.04. The van der Waals surface area contributed by atoms with Crippen LogP contribution in [0.1, 0.15) is 24.4 Å². The van der Waals surface area contributed by atoms with Crippen LogP contribution in [0.2, 0.25) is 0 Å². The molecule has 100 valence electrons. The first-order chi connectivity index (χ1) is 9.24. The van der Waals surface area contributed by atoms with Crippen LogP contribution >= 0.6 is 0 Å². The molecule has 0 unspecified atom stereocenters. The molecule has 0 atom stereocenters. The molecule has 0 aliphatic carbocycles. The van der Waals surface area contributed by atoms with E-state index in [9.17, 15) is 4.79 Å². The fraction of sp³-hybridized carbons (Fsp3) is 0.286. The van der Waals surface area contributed by atoms with Crippen molar-refractivity contribution in [1.82, 2.24) is 5.16 Å². The van der Waals surface area contributed by atoms with E-state index in [1.54, 1.807) is 0 Å². The number of nitrogens with zero attached hydrogens (tertiary/aromatic N) is 2. The van der Waals surface area contributed by atoms with E-state index in [2.05, 4.69) is 29.2 Å². The standard InChI is InChI=1S/C14H17N3O2/c1-3-17(4-2)12-7-5-11(6-8-12)16-14(18)13-9-10-15-19-13/h5-10H,3-4H2,1-2H3,(H,16,18). The van der Waals surface area contributed by atoms with E-state index in [1.807, 2.05) is 24.3 Å². The summed E-state index contributed by atoms with van der Waals surface area (Å²) in [6.45, 7) is 6.15. The number of carbonyl (C=O) groups is 1. The molecule has 1 amide bonds. The lowest BCUT2D eigenvalue weighted by Gasteiger charge is -2.21. The molecule has 2 aromatic rings. The summed E-state index contributed by atoms with van der Waals surface area (Å²) in [5.74, 6) is -0.0964. The molecule has 1 heterocycles. The van der Waals surface area contributed by atoms with Crippen molar-refractivity contribution in [3.8, 4) is 0 Å². The maximum absolute atomic E-state index is 11.8. The summed E-state index contributed by atoms with van der Waals surface area (Å²) in [5, 5.41) is 6.26. The zero-order chi connectivity index (χ0) is 13.7. The van der Waals surface area contributed by atoms with Crippen molar-refractivity contribution < 1.29 is 9.32 Å². The first kappa shape index (κ1) is 13.1. The van der Waals surface area contributed by atoms with Crippen molar-refractivity contribution in [1.29, 1.82) is 0 Å². The summed E-state index contributed by atoms with van der Waals surface area (Å²) >= 11 is 0. The van der Waals surface area contributed by atoms with Gasteiger partial charge in [0.25, 0.3) is 5.91 Å². The van der Waals surface area contributed by atoms with Crippen molar-refractivity contribution in [2.24, 2.45) is 0 Å². The number of hydrogen-bond acceptors (Lipinski definition) is 4. The number of nitrogens with one attached hydrogen (secondary N) is 1. The Hall–Kier alpha value is -2.30. The second-order valence-electron chi connectivity index (χ2n) is 4.05. The molecule has 0 radical (unpaired) electrons. The number of amides is 1. The van der Waals surface area contributed by atoms with Gasteiger partial charge in [0.15, 0.2) is 0 Å². The van der Waals surface area contributed by atoms with Crippen molar-refractivity contribution in [2.75, 3.05) is 23.3 Å². The lowest BCUT2D eigenvalue weighted by atomic mass is 10.2. The normalized spacial score (nSPS) is 10.2. The van der Waals surface area contributed by atoms with Gasteiger partial charge >= 0.3 is 0 Å². The molecule has 1 aromatic heterocycles. The lowest BCUT2D eigenvalue weighted by Crippen LogP contribution is -2.21. The molecule has 5 heteroatoms. The van der Waals surface area contributed by atoms with Gasteiger partial charge in [-0.15, -0.1) is 0 Å². The van der Waals surface area contributed by atoms with Gasteiger partial charge in [0.05, 0.1) is 6.20 Å². The van der Waals surface area contributed by atoms with Crippen LogP contribution in [0.15, 0.2) is 41.1 Å². The minimum absolute atomic E-state index is 0.202. The minimum atomic E-state index is -0.298. The molecule has 1 aromatic carbocycles. The van der Waals surface area contributed by atoms with Crippen molar-refractivity contribution in [3.05, 3.63) is 42.3 Å². The van der Waals surface area contributed by atoms with Gasteiger partial charge in [-0.2, -0.15) is 0 Å². The summed E-state index contributed by atoms with van der Waals surface area (Å²) in [6, 6.07) is 9.26. The molecule has 0 saturated carbocycles. The highest BCUT2D eigenvalue weighted by atomic mass is 16.5. The van der Waals surface area contributed by atoms with E-state index < -0.39 is 0 Å². The summed E-state index contributed by atoms with van der Waals surface area (Å²) in [5.41, 5.74) is 1.87. The molecular formula is C14H17N3O2. The summed E-state index contributed by atoms with van der Waals surface area (Å²) in [4.78, 5) is 14.0. The molecule has 2 rings (SSSR count). The molecule has 0 aliphatic rings. The van der Waals surface area contributed by atoms with E-state index >= 15 is 0 Å². The Morgan fingerprint density at radius 2 is 1.89 bits per heavy atom. The van der Waals surface area contributed by atoms with Crippen molar-refractivity contribution in [2.45, 2.75) is 13.8 Å². The van der Waals surface area contributed by atoms with Crippen LogP contribution in [0.5, 0.6) is 0 Å². The lowest BCUT2D eigenvalue weighted by molar-refractivity contribution is 0.0988. The Bertz CT molecular complexity index is 516. The summed E-state index contributed by atoms with van der Waals surface area (Å²) in [6.07, 6.45) is 1.44. The molecule has 0 aliphatic heterocycles. The Balaban J connectivity index is 2.05. The molecule has 5 nitrogen and oxygen atoms in total. The smallest absolute Gasteiger partial charge is 0.294 e. The van der Waals surface area contributed by atoms with E-state index in [1.165, 1.54) is 12.3 Å². The molecular weight excluding hydrogens is 242 g/mol. The Labute approximate surface area is 112 Å². The minimum Gasteiger partial charge on any atom is -0.372 e. The second-order valence-corrected chi connectivity index (χ2v) is 4.05. The van der Waals surface area contributed by atoms with Gasteiger partial charge in [-0.25, -0.2) is 0 Å². The third kappa shape index (κ3) is 3.13. The van der Waals surface area contributed by atoms with Crippen LogP contribution in [0.3, 0.4) is 0 Å². The predicted molar refractivity (Wildman–Crippen MR) is 74.5 cm³/mol. The molecule has 1 N–H and O–H groups in total. The van der Waals surface area contributed by atoms with Gasteiger partial charge in [-0.05, 0) is 38.1 Å². The largest absolute Gasteiger partial charge is 0.372 e. The van der Waals surface area contributed by atoms with Gasteiger partial charge in [-0.3, -0.25) is 4.79 Å². The zero-order valence-electron chi connectivity index (χ0n) is 11.1. The monoisotopic (exact) mass is 259 g/mol. The number of aromatic nitrogens is 1. The molecule has 0 saturated heterocycles. The first-order valence-electron chi connectivity index (χ1n) is 6.31. The highest BCUT2D eigenvalue weighted by Crippen LogP contribution is 2.18. The average Bonchev–Trinajstić information content (AvgIpc) is 2.96. The predicted octanol–water partition coefficient (Wildman–Crippen LogP) is 2.77. The number of hydrogen-bond donors (Lipinski definition) is 1. The molecule has 0 fully saturated rings. The van der Waals surface area contributed by atoms with Crippen LogP contribution < -0.4 is 10.2 Å². The SMILES string of the molecule is CCN(CC)c1ccc(NC(=O)c2ccno2)cc1. The van der Waals surface area contributed by atoms with Crippen LogP contribution in [0, 0.1) is 0 Å². The van der Waals surface area contributed by atoms with Gasteiger partial charge in [0.2, 0.25) is 5.76 Å². The third-order valence-electron chi connectivity index (χ3n) is 2.92. The highest BCUT2D eigenvalue weighted by Gasteiger charge is 2.10. The fourth-order valence-corrected chi connectivity index (χ4v) is 1.87. The Morgan fingerprint density at radius 3 is 2.42 bits per heavy atom. The molecule has 19 heavy (non-hydrogen) atoms. The zero-order valence-corrected chi connectivity index (χ0v) is 11.1. The first-order valence-corrected chi connectivity index (χ1v) is 6.31. The maximum atomic E-state index is 11.8. The van der Waals surface area contributed by atoms with Crippen LogP contribution in [-0.2, 0) is 0 Å². The van der Waals surface area contributed by atoms with E-state index in [0.717, 1.165) is 24.5 Å². The van der Waals surface area contributed by atoms with Gasteiger partial charge in [0.1, 0.15) is 0 Å². The topological polar surface area (TPSA) is 58.4 Å². The number of carbonyl (C=O) groups excluding carboxylic acids is 1. The van der Waals surface area contributed by atoms with E-state index in [0.29, 0.717) is 0 Å². The highest BCUT2D eigenvalue weighted by molar-refractivity contribution is 6.02. The average molecular weight is 259 g/mol. The van der Waals surface area contributed by atoms with Crippen molar-refractivity contribution >= 4 is 17.3 Å². The fourth-order valence-electron chi connectivity index (χ4n) is 1.87. The van der Waals surface area contributed by atoms with Crippen LogP contribution in [0.25, 0.3) is 0 Å². The number of benzene rings is 1. The van der Waals surface area contributed by atoms with Crippen LogP contribution in [-0.4, -0.2) is 24.2 Å².